The smallest absolute Gasteiger partial charge is 0.0406 e. The van der Waals surface area contributed by atoms with E-state index in [1.54, 1.807) is 0 Å². The molecule has 76 valence electrons. The van der Waals surface area contributed by atoms with E-state index in [1.807, 2.05) is 19.2 Å². The zero-order valence-corrected chi connectivity index (χ0v) is 9.22. The van der Waals surface area contributed by atoms with Crippen LogP contribution in [0.1, 0.15) is 24.3 Å². The molecule has 14 heavy (non-hydrogen) atoms. The van der Waals surface area contributed by atoms with Gasteiger partial charge in [0, 0.05) is 11.6 Å². The predicted molar refractivity (Wildman–Crippen MR) is 60.8 cm³/mol. The van der Waals surface area contributed by atoms with Crippen LogP contribution in [0.4, 0.5) is 0 Å². The maximum absolute atomic E-state index is 5.87. The minimum Gasteiger partial charge on any atom is -0.319 e. The molecule has 2 heteroatoms. The van der Waals surface area contributed by atoms with Crippen LogP contribution < -0.4 is 5.32 Å². The molecule has 1 aliphatic carbocycles. The van der Waals surface area contributed by atoms with Gasteiger partial charge in [-0.25, -0.2) is 0 Å². The van der Waals surface area contributed by atoms with Gasteiger partial charge in [-0.15, -0.1) is 0 Å². The van der Waals surface area contributed by atoms with Crippen LogP contribution in [-0.2, 0) is 0 Å². The summed E-state index contributed by atoms with van der Waals surface area (Å²) in [4.78, 5) is 0. The molecule has 1 atom stereocenters. The van der Waals surface area contributed by atoms with Gasteiger partial charge in [-0.1, -0.05) is 23.7 Å². The van der Waals surface area contributed by atoms with E-state index in [0.717, 1.165) is 17.5 Å². The highest BCUT2D eigenvalue weighted by atomic mass is 35.5. The van der Waals surface area contributed by atoms with Gasteiger partial charge in [0.2, 0.25) is 0 Å². The normalized spacial score (nSPS) is 18.1. The zero-order chi connectivity index (χ0) is 9.97. The topological polar surface area (TPSA) is 12.0 Å². The molecular weight excluding hydrogens is 194 g/mol. The number of benzene rings is 1. The minimum atomic E-state index is 0.678. The standard InChI is InChI=1S/C12H16ClN/c1-14-8-12(9-2-3-9)10-4-6-11(13)7-5-10/h4-7,9,12,14H,2-3,8H2,1H3. The average Bonchev–Trinajstić information content (AvgIpc) is 2.99. The van der Waals surface area contributed by atoms with Gasteiger partial charge in [0.15, 0.2) is 0 Å². The largest absolute Gasteiger partial charge is 0.319 e. The van der Waals surface area contributed by atoms with Gasteiger partial charge in [-0.3, -0.25) is 0 Å². The van der Waals surface area contributed by atoms with Gasteiger partial charge < -0.3 is 5.32 Å². The molecule has 0 spiro atoms. The van der Waals surface area contributed by atoms with Crippen molar-refractivity contribution in [3.8, 4) is 0 Å². The summed E-state index contributed by atoms with van der Waals surface area (Å²) in [5.41, 5.74) is 1.42. The second-order valence-corrected chi connectivity index (χ2v) is 4.49. The van der Waals surface area contributed by atoms with E-state index < -0.39 is 0 Å². The summed E-state index contributed by atoms with van der Waals surface area (Å²) in [5, 5.41) is 4.10. The third-order valence-corrected chi connectivity index (χ3v) is 3.17. The lowest BCUT2D eigenvalue weighted by Crippen LogP contribution is -2.18. The monoisotopic (exact) mass is 209 g/mol. The van der Waals surface area contributed by atoms with Crippen LogP contribution in [0.25, 0.3) is 0 Å². The highest BCUT2D eigenvalue weighted by Crippen LogP contribution is 2.42. The Morgan fingerprint density at radius 2 is 2.00 bits per heavy atom. The predicted octanol–water partition coefficient (Wildman–Crippen LogP) is 3.05. The Morgan fingerprint density at radius 3 is 2.50 bits per heavy atom. The fraction of sp³-hybridized carbons (Fsp3) is 0.500. The summed E-state index contributed by atoms with van der Waals surface area (Å²) in [6.45, 7) is 1.08. The highest BCUT2D eigenvalue weighted by Gasteiger charge is 2.31. The van der Waals surface area contributed by atoms with Crippen molar-refractivity contribution in [2.45, 2.75) is 18.8 Å². The lowest BCUT2D eigenvalue weighted by molar-refractivity contribution is 0.567. The first kappa shape index (κ1) is 10.0. The summed E-state index contributed by atoms with van der Waals surface area (Å²) < 4.78 is 0. The van der Waals surface area contributed by atoms with Crippen LogP contribution in [0.5, 0.6) is 0 Å². The molecule has 1 nitrogen and oxygen atoms in total. The van der Waals surface area contributed by atoms with E-state index in [9.17, 15) is 0 Å². The third kappa shape index (κ3) is 2.28. The van der Waals surface area contributed by atoms with Crippen molar-refractivity contribution >= 4 is 11.6 Å². The Hall–Kier alpha value is -0.530. The Bertz CT molecular complexity index is 290. The van der Waals surface area contributed by atoms with Crippen LogP contribution in [0.3, 0.4) is 0 Å². The summed E-state index contributed by atoms with van der Waals surface area (Å²) in [5.74, 6) is 1.57. The van der Waals surface area contributed by atoms with E-state index in [4.69, 9.17) is 11.6 Å². The molecular formula is C12H16ClN. The molecule has 1 aromatic carbocycles. The number of hydrogen-bond acceptors (Lipinski definition) is 1. The van der Waals surface area contributed by atoms with Crippen LogP contribution in [0, 0.1) is 5.92 Å². The summed E-state index contributed by atoms with van der Waals surface area (Å²) >= 11 is 5.87. The molecule has 2 rings (SSSR count). The van der Waals surface area contributed by atoms with Crippen molar-refractivity contribution in [2.75, 3.05) is 13.6 Å². The van der Waals surface area contributed by atoms with Crippen molar-refractivity contribution in [1.29, 1.82) is 0 Å². The fourth-order valence-corrected chi connectivity index (χ4v) is 2.11. The molecule has 0 radical (unpaired) electrons. The van der Waals surface area contributed by atoms with Crippen LogP contribution in [-0.4, -0.2) is 13.6 Å². The molecule has 1 N–H and O–H groups in total. The molecule has 0 bridgehead atoms. The number of nitrogens with one attached hydrogen (secondary N) is 1. The molecule has 1 aliphatic rings. The zero-order valence-electron chi connectivity index (χ0n) is 8.46. The lowest BCUT2D eigenvalue weighted by atomic mass is 9.94. The number of rotatable bonds is 4. The Balaban J connectivity index is 2.13. The second-order valence-electron chi connectivity index (χ2n) is 4.05. The number of likely N-dealkylation sites (N-methyl/N-ethyl adjacent to an activating group) is 1. The lowest BCUT2D eigenvalue weighted by Gasteiger charge is -2.16. The number of halogens is 1. The first-order valence-corrected chi connectivity index (χ1v) is 5.59. The summed E-state index contributed by atoms with van der Waals surface area (Å²) in [7, 11) is 2.02. The van der Waals surface area contributed by atoms with Crippen molar-refractivity contribution in [1.82, 2.24) is 5.32 Å². The molecule has 1 fully saturated rings. The van der Waals surface area contributed by atoms with Crippen LogP contribution >= 0.6 is 11.6 Å². The van der Waals surface area contributed by atoms with Gasteiger partial charge in [0.25, 0.3) is 0 Å². The quantitative estimate of drug-likeness (QED) is 0.804. The molecule has 0 aliphatic heterocycles. The summed E-state index contributed by atoms with van der Waals surface area (Å²) in [6.07, 6.45) is 2.77. The Morgan fingerprint density at radius 1 is 1.36 bits per heavy atom. The SMILES string of the molecule is CNCC(c1ccc(Cl)cc1)C1CC1. The van der Waals surface area contributed by atoms with E-state index in [1.165, 1.54) is 18.4 Å². The van der Waals surface area contributed by atoms with Gasteiger partial charge in [-0.2, -0.15) is 0 Å². The second kappa shape index (κ2) is 4.33. The molecule has 0 heterocycles. The van der Waals surface area contributed by atoms with E-state index in [-0.39, 0.29) is 0 Å². The highest BCUT2D eigenvalue weighted by molar-refractivity contribution is 6.30. The van der Waals surface area contributed by atoms with Crippen molar-refractivity contribution in [3.63, 3.8) is 0 Å². The maximum atomic E-state index is 5.87. The van der Waals surface area contributed by atoms with Crippen LogP contribution in [0.15, 0.2) is 24.3 Å². The Kier molecular flexibility index (Phi) is 3.09. The molecule has 0 amide bonds. The maximum Gasteiger partial charge on any atom is 0.0406 e. The summed E-state index contributed by atoms with van der Waals surface area (Å²) in [6, 6.07) is 8.29. The van der Waals surface area contributed by atoms with Gasteiger partial charge in [-0.05, 0) is 49.4 Å². The van der Waals surface area contributed by atoms with Gasteiger partial charge in [0.1, 0.15) is 0 Å². The third-order valence-electron chi connectivity index (χ3n) is 2.91. The van der Waals surface area contributed by atoms with Crippen molar-refractivity contribution in [3.05, 3.63) is 34.9 Å². The van der Waals surface area contributed by atoms with E-state index >= 15 is 0 Å². The van der Waals surface area contributed by atoms with Gasteiger partial charge in [0.05, 0.1) is 0 Å². The average molecular weight is 210 g/mol. The van der Waals surface area contributed by atoms with Crippen molar-refractivity contribution in [2.24, 2.45) is 5.92 Å². The number of hydrogen-bond donors (Lipinski definition) is 1. The molecule has 1 saturated carbocycles. The fourth-order valence-electron chi connectivity index (χ4n) is 1.99. The molecule has 0 aromatic heterocycles. The molecule has 1 unspecified atom stereocenters. The van der Waals surface area contributed by atoms with Crippen LogP contribution in [0.2, 0.25) is 5.02 Å². The Labute approximate surface area is 90.5 Å². The molecule has 0 saturated heterocycles. The van der Waals surface area contributed by atoms with E-state index in [2.05, 4.69) is 17.4 Å². The van der Waals surface area contributed by atoms with Gasteiger partial charge >= 0.3 is 0 Å². The molecule has 1 aromatic rings. The first-order valence-electron chi connectivity index (χ1n) is 5.21. The first-order chi connectivity index (χ1) is 6.81. The minimum absolute atomic E-state index is 0.678. The van der Waals surface area contributed by atoms with Crippen molar-refractivity contribution < 1.29 is 0 Å². The van der Waals surface area contributed by atoms with E-state index in [0.29, 0.717) is 5.92 Å².